The molecule has 0 aliphatic carbocycles. The molecule has 2 aromatic carbocycles. The highest BCUT2D eigenvalue weighted by molar-refractivity contribution is 6.46. The van der Waals surface area contributed by atoms with Crippen LogP contribution in [-0.4, -0.2) is 55.7 Å². The number of amides is 1. The first-order valence-corrected chi connectivity index (χ1v) is 9.77. The SMILES string of the molecule is C=CCOc1cccc(C2/C(=C(/O)c3ccc(OC)cc3)C(=O)C(=O)N2CCOC)c1. The molecule has 7 heteroatoms. The van der Waals surface area contributed by atoms with Crippen molar-refractivity contribution in [3.05, 3.63) is 77.9 Å². The predicted octanol–water partition coefficient (Wildman–Crippen LogP) is 3.33. The van der Waals surface area contributed by atoms with Crippen LogP contribution in [0.15, 0.2) is 66.8 Å². The molecule has 0 saturated carbocycles. The second-order valence-corrected chi connectivity index (χ2v) is 6.89. The highest BCUT2D eigenvalue weighted by Crippen LogP contribution is 2.40. The Bertz CT molecular complexity index is 995. The molecular formula is C24H25NO6. The second-order valence-electron chi connectivity index (χ2n) is 6.89. The third-order valence-electron chi connectivity index (χ3n) is 4.98. The van der Waals surface area contributed by atoms with Crippen molar-refractivity contribution >= 4 is 17.4 Å². The van der Waals surface area contributed by atoms with Gasteiger partial charge in [0.2, 0.25) is 0 Å². The number of aliphatic hydroxyl groups excluding tert-OH is 1. The first kappa shape index (κ1) is 22.1. The highest BCUT2D eigenvalue weighted by atomic mass is 16.5. The fourth-order valence-corrected chi connectivity index (χ4v) is 3.48. The molecule has 1 saturated heterocycles. The van der Waals surface area contributed by atoms with Crippen molar-refractivity contribution in [3.8, 4) is 11.5 Å². The van der Waals surface area contributed by atoms with Crippen molar-refractivity contribution in [2.75, 3.05) is 34.0 Å². The Kier molecular flexibility index (Phi) is 7.10. The monoisotopic (exact) mass is 423 g/mol. The number of ketones is 1. The number of Topliss-reactive ketones (excluding diaryl/α,β-unsaturated/α-hetero) is 1. The van der Waals surface area contributed by atoms with E-state index in [0.717, 1.165) is 0 Å². The zero-order valence-corrected chi connectivity index (χ0v) is 17.5. The summed E-state index contributed by atoms with van der Waals surface area (Å²) in [6.07, 6.45) is 1.63. The molecule has 1 heterocycles. The lowest BCUT2D eigenvalue weighted by Gasteiger charge is -2.25. The van der Waals surface area contributed by atoms with Crippen LogP contribution in [0.2, 0.25) is 0 Å². The zero-order chi connectivity index (χ0) is 22.4. The molecule has 0 bridgehead atoms. The van der Waals surface area contributed by atoms with Crippen molar-refractivity contribution in [3.63, 3.8) is 0 Å². The van der Waals surface area contributed by atoms with E-state index in [-0.39, 0.29) is 24.5 Å². The van der Waals surface area contributed by atoms with Gasteiger partial charge in [0.15, 0.2) is 0 Å². The minimum Gasteiger partial charge on any atom is -0.507 e. The van der Waals surface area contributed by atoms with Crippen LogP contribution >= 0.6 is 0 Å². The van der Waals surface area contributed by atoms with Gasteiger partial charge in [0, 0.05) is 19.2 Å². The van der Waals surface area contributed by atoms with Gasteiger partial charge >= 0.3 is 0 Å². The summed E-state index contributed by atoms with van der Waals surface area (Å²) in [5.41, 5.74) is 1.08. The Balaban J connectivity index is 2.11. The third kappa shape index (κ3) is 4.62. The molecule has 0 spiro atoms. The summed E-state index contributed by atoms with van der Waals surface area (Å²) in [6.45, 7) is 4.40. The van der Waals surface area contributed by atoms with Crippen LogP contribution in [0.1, 0.15) is 17.2 Å². The average molecular weight is 423 g/mol. The Labute approximate surface area is 181 Å². The molecule has 3 rings (SSSR count). The molecule has 1 aliphatic heterocycles. The van der Waals surface area contributed by atoms with Crippen molar-refractivity contribution in [2.45, 2.75) is 6.04 Å². The van der Waals surface area contributed by atoms with E-state index < -0.39 is 17.7 Å². The van der Waals surface area contributed by atoms with Crippen molar-refractivity contribution < 1.29 is 28.9 Å². The summed E-state index contributed by atoms with van der Waals surface area (Å²) in [6, 6.07) is 12.9. The molecule has 7 nitrogen and oxygen atoms in total. The summed E-state index contributed by atoms with van der Waals surface area (Å²) in [5, 5.41) is 11.0. The number of benzene rings is 2. The van der Waals surface area contributed by atoms with E-state index in [0.29, 0.717) is 29.2 Å². The number of likely N-dealkylation sites (tertiary alicyclic amines) is 1. The number of nitrogens with zero attached hydrogens (tertiary/aromatic N) is 1. The molecule has 1 fully saturated rings. The maximum Gasteiger partial charge on any atom is 0.295 e. The van der Waals surface area contributed by atoms with Crippen molar-refractivity contribution in [1.29, 1.82) is 0 Å². The fraction of sp³-hybridized carbons (Fsp3) is 0.250. The quantitative estimate of drug-likeness (QED) is 0.288. The van der Waals surface area contributed by atoms with Crippen molar-refractivity contribution in [2.24, 2.45) is 0 Å². The first-order valence-electron chi connectivity index (χ1n) is 9.77. The topological polar surface area (TPSA) is 85.3 Å². The van der Waals surface area contributed by atoms with Gasteiger partial charge in [0.05, 0.1) is 25.3 Å². The maximum absolute atomic E-state index is 12.9. The maximum atomic E-state index is 12.9. The molecule has 1 amide bonds. The van der Waals surface area contributed by atoms with Crippen LogP contribution in [0.3, 0.4) is 0 Å². The molecule has 31 heavy (non-hydrogen) atoms. The molecule has 0 aromatic heterocycles. The molecule has 1 unspecified atom stereocenters. The molecular weight excluding hydrogens is 398 g/mol. The Hall–Kier alpha value is -3.58. The molecule has 162 valence electrons. The first-order chi connectivity index (χ1) is 15.0. The van der Waals surface area contributed by atoms with Crippen LogP contribution in [0.5, 0.6) is 11.5 Å². The Morgan fingerprint density at radius 1 is 1.13 bits per heavy atom. The summed E-state index contributed by atoms with van der Waals surface area (Å²) >= 11 is 0. The van der Waals surface area contributed by atoms with E-state index >= 15 is 0 Å². The lowest BCUT2D eigenvalue weighted by Crippen LogP contribution is -2.32. The lowest BCUT2D eigenvalue weighted by molar-refractivity contribution is -0.140. The molecule has 1 aliphatic rings. The standard InChI is InChI=1S/C24H25NO6/c1-4-13-31-19-7-5-6-17(15-19)21-20(23(27)24(28)25(21)12-14-29-2)22(26)16-8-10-18(30-3)11-9-16/h4-11,15,21,26H,1,12-14H2,2-3H3/b22-20-. The molecule has 1 N–H and O–H groups in total. The van der Waals surface area contributed by atoms with Gasteiger partial charge in [-0.25, -0.2) is 0 Å². The van der Waals surface area contributed by atoms with Gasteiger partial charge in [-0.05, 0) is 42.0 Å². The van der Waals surface area contributed by atoms with E-state index in [1.807, 2.05) is 0 Å². The number of carbonyl (C=O) groups is 2. The highest BCUT2D eigenvalue weighted by Gasteiger charge is 2.46. The van der Waals surface area contributed by atoms with Crippen LogP contribution < -0.4 is 9.47 Å². The van der Waals surface area contributed by atoms with Gasteiger partial charge in [0.25, 0.3) is 11.7 Å². The number of hydrogen-bond acceptors (Lipinski definition) is 6. The average Bonchev–Trinajstić information content (AvgIpc) is 3.06. The lowest BCUT2D eigenvalue weighted by atomic mass is 9.95. The number of hydrogen-bond donors (Lipinski definition) is 1. The van der Waals surface area contributed by atoms with Crippen LogP contribution in [0.4, 0.5) is 0 Å². The van der Waals surface area contributed by atoms with Crippen LogP contribution in [-0.2, 0) is 14.3 Å². The van der Waals surface area contributed by atoms with Gasteiger partial charge < -0.3 is 24.2 Å². The summed E-state index contributed by atoms with van der Waals surface area (Å²) in [7, 11) is 3.06. The second kappa shape index (κ2) is 9.95. The number of aliphatic hydroxyl groups is 1. The largest absolute Gasteiger partial charge is 0.507 e. The number of methoxy groups -OCH3 is 2. The molecule has 0 radical (unpaired) electrons. The van der Waals surface area contributed by atoms with E-state index in [1.165, 1.54) is 19.1 Å². The summed E-state index contributed by atoms with van der Waals surface area (Å²) in [5.74, 6) is -0.496. The predicted molar refractivity (Wildman–Crippen MR) is 116 cm³/mol. The van der Waals surface area contributed by atoms with Crippen LogP contribution in [0, 0.1) is 0 Å². The van der Waals surface area contributed by atoms with Gasteiger partial charge in [0.1, 0.15) is 23.9 Å². The van der Waals surface area contributed by atoms with E-state index in [9.17, 15) is 14.7 Å². The fourth-order valence-electron chi connectivity index (χ4n) is 3.48. The normalized spacial score (nSPS) is 17.6. The van der Waals surface area contributed by atoms with Gasteiger partial charge in [-0.2, -0.15) is 0 Å². The van der Waals surface area contributed by atoms with Gasteiger partial charge in [-0.15, -0.1) is 0 Å². The number of rotatable bonds is 9. The summed E-state index contributed by atoms with van der Waals surface area (Å²) in [4.78, 5) is 27.2. The third-order valence-corrected chi connectivity index (χ3v) is 4.98. The number of ether oxygens (including phenoxy) is 3. The summed E-state index contributed by atoms with van der Waals surface area (Å²) < 4.78 is 15.9. The van der Waals surface area contributed by atoms with Crippen LogP contribution in [0.25, 0.3) is 5.76 Å². The molecule has 1 atom stereocenters. The Morgan fingerprint density at radius 2 is 1.87 bits per heavy atom. The smallest absolute Gasteiger partial charge is 0.295 e. The van der Waals surface area contributed by atoms with Crippen molar-refractivity contribution in [1.82, 2.24) is 4.90 Å². The number of carbonyl (C=O) groups excluding carboxylic acids is 2. The minimum absolute atomic E-state index is 0.0205. The zero-order valence-electron chi connectivity index (χ0n) is 17.5. The van der Waals surface area contributed by atoms with Gasteiger partial charge in [-0.1, -0.05) is 24.8 Å². The minimum atomic E-state index is -0.774. The van der Waals surface area contributed by atoms with Gasteiger partial charge in [-0.3, -0.25) is 9.59 Å². The van der Waals surface area contributed by atoms with E-state index in [2.05, 4.69) is 6.58 Å². The Morgan fingerprint density at radius 3 is 2.52 bits per heavy atom. The van der Waals surface area contributed by atoms with E-state index in [1.54, 1.807) is 54.6 Å². The molecule has 2 aromatic rings. The van der Waals surface area contributed by atoms with E-state index in [4.69, 9.17) is 14.2 Å².